The number of halogens is 3. The summed E-state index contributed by atoms with van der Waals surface area (Å²) in [4.78, 5) is 12.3. The van der Waals surface area contributed by atoms with E-state index >= 15 is 0 Å². The first-order valence-corrected chi connectivity index (χ1v) is 7.93. The summed E-state index contributed by atoms with van der Waals surface area (Å²) in [5.74, 6) is -1.08. The largest absolute Gasteiger partial charge is 0.317 e. The first-order valence-electron chi connectivity index (χ1n) is 5.96. The quantitative estimate of drug-likeness (QED) is 0.554. The van der Waals surface area contributed by atoms with Crippen LogP contribution in [0, 0.1) is 6.92 Å². The van der Waals surface area contributed by atoms with Crippen LogP contribution in [0.25, 0.3) is 0 Å². The van der Waals surface area contributed by atoms with E-state index in [2.05, 4.69) is 6.58 Å². The second kappa shape index (κ2) is 7.34. The highest BCUT2D eigenvalue weighted by molar-refractivity contribution is 7.86. The molecule has 0 unspecified atom stereocenters. The third-order valence-electron chi connectivity index (χ3n) is 2.72. The maximum atomic E-state index is 13.4. The van der Waals surface area contributed by atoms with Crippen LogP contribution in [-0.2, 0) is 15.6 Å². The molecule has 0 aliphatic heterocycles. The molecule has 0 aliphatic carbocycles. The number of hydrogen-bond donors (Lipinski definition) is 0. The van der Waals surface area contributed by atoms with E-state index in [1.54, 1.807) is 30.3 Å². The molecule has 2 atom stereocenters. The predicted molar refractivity (Wildman–Crippen MR) is 81.4 cm³/mol. The summed E-state index contributed by atoms with van der Waals surface area (Å²) >= 11 is 10.4. The maximum absolute atomic E-state index is 13.4. The van der Waals surface area contributed by atoms with E-state index in [9.17, 15) is 13.4 Å². The van der Waals surface area contributed by atoms with Gasteiger partial charge in [0.2, 0.25) is 5.78 Å². The molecule has 0 saturated carbocycles. The van der Waals surface area contributed by atoms with E-state index in [1.165, 1.54) is 0 Å². The normalized spacial score (nSPS) is 14.6. The van der Waals surface area contributed by atoms with Crippen LogP contribution in [0.5, 0.6) is 0 Å². The molecule has 0 bridgehead atoms. The molecular formula is C14H15Cl2FO2S. The van der Waals surface area contributed by atoms with Crippen LogP contribution < -0.4 is 0 Å². The summed E-state index contributed by atoms with van der Waals surface area (Å²) in [6.07, 6.45) is 2.15. The van der Waals surface area contributed by atoms with Gasteiger partial charge in [0, 0.05) is 4.90 Å². The fraction of sp³-hybridized carbons (Fsp3) is 0.357. The average Bonchev–Trinajstić information content (AvgIpc) is 2.38. The average molecular weight is 337 g/mol. The molecule has 6 heteroatoms. The van der Waals surface area contributed by atoms with Crippen molar-refractivity contribution in [1.82, 2.24) is 0 Å². The van der Waals surface area contributed by atoms with Gasteiger partial charge in [-0.25, -0.2) is 0 Å². The second-order valence-electron chi connectivity index (χ2n) is 4.33. The highest BCUT2D eigenvalue weighted by atomic mass is 35.5. The van der Waals surface area contributed by atoms with Gasteiger partial charge in [-0.05, 0) is 31.9 Å². The van der Waals surface area contributed by atoms with E-state index in [0.717, 1.165) is 5.56 Å². The Morgan fingerprint density at radius 2 is 2.00 bits per heavy atom. The third-order valence-corrected chi connectivity index (χ3v) is 4.79. The smallest absolute Gasteiger partial charge is 0.292 e. The number of Topliss-reactive ketones (excluding diaryl/α,β-unsaturated/α-hetero) is 1. The molecule has 0 fully saturated rings. The fourth-order valence-electron chi connectivity index (χ4n) is 1.62. The van der Waals surface area contributed by atoms with Crippen molar-refractivity contribution >= 4 is 39.8 Å². The first kappa shape index (κ1) is 17.3. The summed E-state index contributed by atoms with van der Waals surface area (Å²) in [6.45, 7) is 5.41. The molecule has 0 aliphatic rings. The van der Waals surface area contributed by atoms with E-state index in [0.29, 0.717) is 11.3 Å². The Kier molecular flexibility index (Phi) is 6.37. The number of rotatable bonds is 7. The van der Waals surface area contributed by atoms with Crippen molar-refractivity contribution in [2.75, 3.05) is 0 Å². The van der Waals surface area contributed by atoms with Crippen molar-refractivity contribution in [3.63, 3.8) is 0 Å². The summed E-state index contributed by atoms with van der Waals surface area (Å²) in [6, 6.07) is 6.82. The van der Waals surface area contributed by atoms with Crippen molar-refractivity contribution in [3.8, 4) is 0 Å². The molecule has 1 aromatic rings. The molecule has 0 saturated heterocycles. The molecule has 0 N–H and O–H groups in total. The molecule has 1 aromatic carbocycles. The molecule has 0 heterocycles. The summed E-state index contributed by atoms with van der Waals surface area (Å²) < 4.78 is 22.8. The monoisotopic (exact) mass is 336 g/mol. The van der Waals surface area contributed by atoms with Crippen molar-refractivity contribution in [1.29, 1.82) is 0 Å². The van der Waals surface area contributed by atoms with Gasteiger partial charge in [-0.3, -0.25) is 9.00 Å². The van der Waals surface area contributed by atoms with Crippen molar-refractivity contribution in [2.45, 2.75) is 34.5 Å². The molecule has 0 radical (unpaired) electrons. The summed E-state index contributed by atoms with van der Waals surface area (Å²) in [7, 11) is -1.71. The van der Waals surface area contributed by atoms with Gasteiger partial charge < -0.3 is 0 Å². The number of aryl methyl sites for hydroxylation is 1. The zero-order chi connectivity index (χ0) is 15.3. The lowest BCUT2D eigenvalue weighted by Crippen LogP contribution is -2.36. The number of benzene rings is 1. The van der Waals surface area contributed by atoms with E-state index in [1.807, 2.05) is 6.92 Å². The number of ketones is 1. The molecule has 20 heavy (non-hydrogen) atoms. The van der Waals surface area contributed by atoms with Gasteiger partial charge in [0.25, 0.3) is 0 Å². The van der Waals surface area contributed by atoms with Gasteiger partial charge in [-0.15, -0.1) is 6.58 Å². The molecule has 2 nitrogen and oxygen atoms in total. The highest BCUT2D eigenvalue weighted by Gasteiger charge is 2.41. The Balaban J connectivity index is 3.04. The van der Waals surface area contributed by atoms with Crippen LogP contribution in [0.4, 0.5) is 4.39 Å². The van der Waals surface area contributed by atoms with Gasteiger partial charge in [-0.2, -0.15) is 4.39 Å². The molecule has 0 aromatic heterocycles. The van der Waals surface area contributed by atoms with Crippen LogP contribution in [0.15, 0.2) is 41.8 Å². The van der Waals surface area contributed by atoms with Gasteiger partial charge in [0.1, 0.15) is 5.25 Å². The number of allylic oxidation sites excluding steroid dienone is 1. The van der Waals surface area contributed by atoms with Crippen molar-refractivity contribution in [3.05, 3.63) is 42.5 Å². The fourth-order valence-corrected chi connectivity index (χ4v) is 3.46. The van der Waals surface area contributed by atoms with Gasteiger partial charge >= 0.3 is 4.59 Å². The minimum Gasteiger partial charge on any atom is -0.292 e. The number of carbonyl (C=O) groups excluding carboxylic acids is 1. The van der Waals surface area contributed by atoms with Crippen molar-refractivity contribution < 1.29 is 13.4 Å². The Morgan fingerprint density at radius 3 is 2.45 bits per heavy atom. The standard InChI is InChI=1S/C14H15Cl2FO2S/c1-3-4-5-12(13(18)14(15,16)17)20(19)11-8-6-10(2)7-9-11/h3,6-9,12H,1,4-5H2,2H3/t12-,20-/m0/s1. The van der Waals surface area contributed by atoms with E-state index < -0.39 is 26.4 Å². The van der Waals surface area contributed by atoms with E-state index in [-0.39, 0.29) is 6.42 Å². The number of alkyl halides is 3. The molecule has 0 amide bonds. The highest BCUT2D eigenvalue weighted by Crippen LogP contribution is 2.30. The lowest BCUT2D eigenvalue weighted by molar-refractivity contribution is -0.122. The summed E-state index contributed by atoms with van der Waals surface area (Å²) in [5.41, 5.74) is 0.995. The SMILES string of the molecule is C=CCC[C@@H](C(=O)C(F)(Cl)Cl)[S@@](=O)c1ccc(C)cc1. The second-order valence-corrected chi connectivity index (χ2v) is 7.20. The lowest BCUT2D eigenvalue weighted by atomic mass is 10.2. The van der Waals surface area contributed by atoms with Crippen LogP contribution in [0.2, 0.25) is 0 Å². The number of carbonyl (C=O) groups is 1. The predicted octanol–water partition coefficient (Wildman–Crippen LogP) is 4.11. The zero-order valence-electron chi connectivity index (χ0n) is 10.9. The molecule has 110 valence electrons. The topological polar surface area (TPSA) is 34.1 Å². The van der Waals surface area contributed by atoms with Gasteiger partial charge in [0.05, 0.1) is 10.8 Å². The number of hydrogen-bond acceptors (Lipinski definition) is 2. The summed E-state index contributed by atoms with van der Waals surface area (Å²) in [5, 5.41) is -1.10. The zero-order valence-corrected chi connectivity index (χ0v) is 13.3. The lowest BCUT2D eigenvalue weighted by Gasteiger charge is -2.18. The Morgan fingerprint density at radius 1 is 1.45 bits per heavy atom. The van der Waals surface area contributed by atoms with E-state index in [4.69, 9.17) is 23.2 Å². The Labute approximate surface area is 130 Å². The minimum atomic E-state index is -3.04. The Hall–Kier alpha value is -0.710. The van der Waals surface area contributed by atoms with Crippen LogP contribution in [0.1, 0.15) is 18.4 Å². The Bertz CT molecular complexity index is 509. The van der Waals surface area contributed by atoms with Crippen LogP contribution in [0.3, 0.4) is 0 Å². The molecule has 1 rings (SSSR count). The van der Waals surface area contributed by atoms with Crippen LogP contribution in [-0.4, -0.2) is 19.8 Å². The molecule has 0 spiro atoms. The minimum absolute atomic E-state index is 0.175. The molecular weight excluding hydrogens is 322 g/mol. The third kappa shape index (κ3) is 4.69. The maximum Gasteiger partial charge on any atom is 0.317 e. The first-order chi connectivity index (χ1) is 9.27. The van der Waals surface area contributed by atoms with Gasteiger partial charge in [-0.1, -0.05) is 47.0 Å². The van der Waals surface area contributed by atoms with Crippen LogP contribution >= 0.6 is 23.2 Å². The van der Waals surface area contributed by atoms with Crippen molar-refractivity contribution in [2.24, 2.45) is 0 Å². The van der Waals surface area contributed by atoms with Gasteiger partial charge in [0.15, 0.2) is 0 Å².